The third-order valence-corrected chi connectivity index (χ3v) is 3.19. The molecular formula is C14H21NO3. The van der Waals surface area contributed by atoms with Crippen molar-refractivity contribution in [2.24, 2.45) is 0 Å². The number of aliphatic hydroxyl groups is 2. The molecular weight excluding hydrogens is 230 g/mol. The Bertz CT molecular complexity index is 414. The molecule has 0 fully saturated rings. The summed E-state index contributed by atoms with van der Waals surface area (Å²) in [5.74, 6) is 0.949. The predicted molar refractivity (Wildman–Crippen MR) is 69.7 cm³/mol. The number of hydrogen-bond donors (Lipinski definition) is 3. The highest BCUT2D eigenvalue weighted by molar-refractivity contribution is 5.45. The van der Waals surface area contributed by atoms with Gasteiger partial charge in [-0.05, 0) is 19.4 Å². The van der Waals surface area contributed by atoms with E-state index in [2.05, 4.69) is 25.2 Å². The minimum absolute atomic E-state index is 0.0716. The van der Waals surface area contributed by atoms with Crippen LogP contribution in [0.4, 0.5) is 0 Å². The summed E-state index contributed by atoms with van der Waals surface area (Å²) in [6.07, 6.45) is 0.916. The fourth-order valence-electron chi connectivity index (χ4n) is 2.26. The first-order chi connectivity index (χ1) is 8.55. The van der Waals surface area contributed by atoms with Crippen LogP contribution in [0.25, 0.3) is 0 Å². The number of rotatable bonds is 5. The molecule has 1 aromatic carbocycles. The number of para-hydroxylation sites is 1. The van der Waals surface area contributed by atoms with E-state index >= 15 is 0 Å². The Morgan fingerprint density at radius 1 is 1.33 bits per heavy atom. The van der Waals surface area contributed by atoms with Crippen LogP contribution in [0.3, 0.4) is 0 Å². The Balaban J connectivity index is 2.10. The maximum absolute atomic E-state index is 9.03. The lowest BCUT2D eigenvalue weighted by molar-refractivity contribution is 0.136. The number of aliphatic hydroxyl groups excluding tert-OH is 2. The highest BCUT2D eigenvalue weighted by atomic mass is 16.5. The third kappa shape index (κ3) is 2.83. The molecule has 1 heterocycles. The molecule has 1 aliphatic rings. The molecule has 4 nitrogen and oxygen atoms in total. The Kier molecular flexibility index (Phi) is 3.90. The summed E-state index contributed by atoms with van der Waals surface area (Å²) in [6.45, 7) is 4.60. The second kappa shape index (κ2) is 5.26. The zero-order valence-corrected chi connectivity index (χ0v) is 10.9. The van der Waals surface area contributed by atoms with E-state index in [1.807, 2.05) is 12.1 Å². The second-order valence-corrected chi connectivity index (χ2v) is 5.39. The first-order valence-corrected chi connectivity index (χ1v) is 6.30. The molecule has 1 aliphatic heterocycles. The molecule has 0 atom stereocenters. The van der Waals surface area contributed by atoms with Gasteiger partial charge < -0.3 is 20.3 Å². The SMILES string of the molecule is CC1(C)Cc2cccc(CNC(CO)CO)c2O1. The first-order valence-electron chi connectivity index (χ1n) is 6.30. The molecule has 100 valence electrons. The number of fused-ring (bicyclic) bond motifs is 1. The van der Waals surface area contributed by atoms with Gasteiger partial charge in [0.25, 0.3) is 0 Å². The van der Waals surface area contributed by atoms with Crippen LogP contribution in [0.5, 0.6) is 5.75 Å². The maximum Gasteiger partial charge on any atom is 0.127 e. The lowest BCUT2D eigenvalue weighted by Gasteiger charge is -2.19. The largest absolute Gasteiger partial charge is 0.487 e. The van der Waals surface area contributed by atoms with Gasteiger partial charge in [0.2, 0.25) is 0 Å². The molecule has 0 radical (unpaired) electrons. The summed E-state index contributed by atoms with van der Waals surface area (Å²) in [6, 6.07) is 5.84. The Labute approximate surface area is 108 Å². The molecule has 2 rings (SSSR count). The van der Waals surface area contributed by atoms with Gasteiger partial charge in [0.15, 0.2) is 0 Å². The van der Waals surface area contributed by atoms with E-state index in [0.29, 0.717) is 6.54 Å². The Morgan fingerprint density at radius 3 is 2.72 bits per heavy atom. The molecule has 4 heteroatoms. The Hall–Kier alpha value is -1.10. The summed E-state index contributed by atoms with van der Waals surface area (Å²) >= 11 is 0. The van der Waals surface area contributed by atoms with E-state index in [0.717, 1.165) is 17.7 Å². The topological polar surface area (TPSA) is 61.7 Å². The monoisotopic (exact) mass is 251 g/mol. The third-order valence-electron chi connectivity index (χ3n) is 3.19. The van der Waals surface area contributed by atoms with Crippen LogP contribution in [-0.4, -0.2) is 35.1 Å². The quantitative estimate of drug-likeness (QED) is 0.726. The van der Waals surface area contributed by atoms with Crippen molar-refractivity contribution in [3.63, 3.8) is 0 Å². The van der Waals surface area contributed by atoms with Gasteiger partial charge in [-0.25, -0.2) is 0 Å². The van der Waals surface area contributed by atoms with Crippen LogP contribution in [0.15, 0.2) is 18.2 Å². The summed E-state index contributed by atoms with van der Waals surface area (Å²) in [5, 5.41) is 21.2. The van der Waals surface area contributed by atoms with Crippen molar-refractivity contribution in [2.75, 3.05) is 13.2 Å². The second-order valence-electron chi connectivity index (χ2n) is 5.39. The number of hydrogen-bond acceptors (Lipinski definition) is 4. The van der Waals surface area contributed by atoms with Crippen LogP contribution in [0, 0.1) is 0 Å². The van der Waals surface area contributed by atoms with Crippen molar-refractivity contribution < 1.29 is 14.9 Å². The van der Waals surface area contributed by atoms with Gasteiger partial charge in [-0.1, -0.05) is 18.2 Å². The smallest absolute Gasteiger partial charge is 0.127 e. The van der Waals surface area contributed by atoms with Crippen LogP contribution < -0.4 is 10.1 Å². The molecule has 0 amide bonds. The van der Waals surface area contributed by atoms with Gasteiger partial charge in [0, 0.05) is 18.5 Å². The molecule has 1 aromatic rings. The zero-order chi connectivity index (χ0) is 13.2. The summed E-state index contributed by atoms with van der Waals surface area (Å²) in [5.41, 5.74) is 2.15. The molecule has 0 saturated carbocycles. The molecule has 0 unspecified atom stereocenters. The van der Waals surface area contributed by atoms with Crippen molar-refractivity contribution in [1.29, 1.82) is 0 Å². The molecule has 0 aliphatic carbocycles. The van der Waals surface area contributed by atoms with Gasteiger partial charge in [-0.3, -0.25) is 0 Å². The van der Waals surface area contributed by atoms with Gasteiger partial charge >= 0.3 is 0 Å². The van der Waals surface area contributed by atoms with E-state index in [-0.39, 0.29) is 24.9 Å². The van der Waals surface area contributed by atoms with E-state index in [1.165, 1.54) is 5.56 Å². The van der Waals surface area contributed by atoms with Crippen LogP contribution in [0.2, 0.25) is 0 Å². The minimum atomic E-state index is -0.282. The molecule has 0 saturated heterocycles. The van der Waals surface area contributed by atoms with E-state index in [1.54, 1.807) is 0 Å². The lowest BCUT2D eigenvalue weighted by atomic mass is 10.0. The maximum atomic E-state index is 9.03. The van der Waals surface area contributed by atoms with Gasteiger partial charge in [-0.15, -0.1) is 0 Å². The standard InChI is InChI=1S/C14H21NO3/c1-14(2)6-10-4-3-5-11(13(10)18-14)7-15-12(8-16)9-17/h3-5,12,15-17H,6-9H2,1-2H3. The van der Waals surface area contributed by atoms with Crippen molar-refractivity contribution >= 4 is 0 Å². The first kappa shape index (κ1) is 13.3. The molecule has 0 bridgehead atoms. The van der Waals surface area contributed by atoms with Crippen LogP contribution in [-0.2, 0) is 13.0 Å². The van der Waals surface area contributed by atoms with Crippen LogP contribution in [0.1, 0.15) is 25.0 Å². The summed E-state index contributed by atoms with van der Waals surface area (Å²) in [4.78, 5) is 0. The van der Waals surface area contributed by atoms with Crippen molar-refractivity contribution in [3.8, 4) is 5.75 Å². The minimum Gasteiger partial charge on any atom is -0.487 e. The Morgan fingerprint density at radius 2 is 2.06 bits per heavy atom. The average Bonchev–Trinajstić information content (AvgIpc) is 2.65. The van der Waals surface area contributed by atoms with E-state index in [4.69, 9.17) is 14.9 Å². The van der Waals surface area contributed by atoms with Crippen molar-refractivity contribution in [1.82, 2.24) is 5.32 Å². The molecule has 0 aromatic heterocycles. The number of ether oxygens (including phenoxy) is 1. The van der Waals surface area contributed by atoms with E-state index in [9.17, 15) is 0 Å². The van der Waals surface area contributed by atoms with Crippen molar-refractivity contribution in [2.45, 2.75) is 38.5 Å². The number of nitrogens with one attached hydrogen (secondary N) is 1. The van der Waals surface area contributed by atoms with Crippen LogP contribution >= 0.6 is 0 Å². The normalized spacial score (nSPS) is 16.7. The van der Waals surface area contributed by atoms with Gasteiger partial charge in [-0.2, -0.15) is 0 Å². The average molecular weight is 251 g/mol. The van der Waals surface area contributed by atoms with Crippen molar-refractivity contribution in [3.05, 3.63) is 29.3 Å². The highest BCUT2D eigenvalue weighted by Gasteiger charge is 2.31. The molecule has 18 heavy (non-hydrogen) atoms. The lowest BCUT2D eigenvalue weighted by Crippen LogP contribution is -2.35. The fraction of sp³-hybridized carbons (Fsp3) is 0.571. The summed E-state index contributed by atoms with van der Waals surface area (Å²) in [7, 11) is 0. The predicted octanol–water partition coefficient (Wildman–Crippen LogP) is 0.843. The highest BCUT2D eigenvalue weighted by Crippen LogP contribution is 2.37. The van der Waals surface area contributed by atoms with E-state index < -0.39 is 0 Å². The zero-order valence-electron chi connectivity index (χ0n) is 10.9. The molecule has 3 N–H and O–H groups in total. The fourth-order valence-corrected chi connectivity index (χ4v) is 2.26. The van der Waals surface area contributed by atoms with Gasteiger partial charge in [0.1, 0.15) is 11.4 Å². The number of benzene rings is 1. The molecule has 0 spiro atoms. The van der Waals surface area contributed by atoms with Gasteiger partial charge in [0.05, 0.1) is 19.3 Å². The summed E-state index contributed by atoms with van der Waals surface area (Å²) < 4.78 is 5.96.